The molecule has 37 heavy (non-hydrogen) atoms. The Hall–Kier alpha value is -3.70. The molecule has 10 nitrogen and oxygen atoms in total. The van der Waals surface area contributed by atoms with Crippen molar-refractivity contribution < 1.29 is 33.0 Å². The largest absolute Gasteiger partial charge is 0.497 e. The lowest BCUT2D eigenvalue weighted by Gasteiger charge is -2.36. The zero-order valence-corrected chi connectivity index (χ0v) is 21.9. The normalized spacial score (nSPS) is 16.6. The molecular formula is C26H29N3O7S. The van der Waals surface area contributed by atoms with Gasteiger partial charge in [0.05, 0.1) is 57.4 Å². The second-order valence-corrected chi connectivity index (χ2v) is 9.00. The predicted octanol–water partition coefficient (Wildman–Crippen LogP) is 3.77. The van der Waals surface area contributed by atoms with Gasteiger partial charge in [-0.15, -0.1) is 0 Å². The van der Waals surface area contributed by atoms with Crippen LogP contribution in [0, 0.1) is 0 Å². The van der Waals surface area contributed by atoms with Crippen LogP contribution >= 0.6 is 11.8 Å². The molecule has 1 amide bonds. The highest BCUT2D eigenvalue weighted by atomic mass is 32.2. The minimum atomic E-state index is -0.637. The van der Waals surface area contributed by atoms with Crippen molar-refractivity contribution >= 4 is 28.8 Å². The maximum absolute atomic E-state index is 13.3. The number of ether oxygens (including phenoxy) is 4. The number of thioether (sulfide) groups is 1. The number of aliphatic imine (C=N–C) groups is 1. The van der Waals surface area contributed by atoms with E-state index in [1.807, 2.05) is 16.4 Å². The minimum Gasteiger partial charge on any atom is -0.497 e. The molecular weight excluding hydrogens is 498 g/mol. The molecule has 0 saturated carbocycles. The topological polar surface area (TPSA) is 112 Å². The Bertz CT molecular complexity index is 1240. The first-order valence-corrected chi connectivity index (χ1v) is 12.5. The molecule has 11 heteroatoms. The van der Waals surface area contributed by atoms with Gasteiger partial charge in [0, 0.05) is 24.4 Å². The van der Waals surface area contributed by atoms with Crippen LogP contribution in [-0.4, -0.2) is 56.5 Å². The van der Waals surface area contributed by atoms with Gasteiger partial charge in [0.25, 0.3) is 0 Å². The van der Waals surface area contributed by atoms with Crippen LogP contribution in [0.3, 0.4) is 0 Å². The van der Waals surface area contributed by atoms with Crippen LogP contribution < -0.4 is 14.8 Å². The van der Waals surface area contributed by atoms with Gasteiger partial charge in [-0.25, -0.2) is 9.79 Å². The quantitative estimate of drug-likeness (QED) is 0.345. The second-order valence-electron chi connectivity index (χ2n) is 8.16. The SMILES string of the molecule is COCCOC(=O)C1=C(C)N=C2SC=C(CC(=O)NCc3ccco3)N2[C@@H]1c1ccc(OC)cc1OC. The molecule has 0 radical (unpaired) electrons. The minimum absolute atomic E-state index is 0.0761. The average molecular weight is 528 g/mol. The van der Waals surface area contributed by atoms with E-state index in [1.165, 1.54) is 18.9 Å². The third kappa shape index (κ3) is 5.83. The number of carbonyl (C=O) groups excluding carboxylic acids is 2. The third-order valence-electron chi connectivity index (χ3n) is 5.86. The molecule has 0 saturated heterocycles. The fourth-order valence-electron chi connectivity index (χ4n) is 4.09. The molecule has 196 valence electrons. The summed E-state index contributed by atoms with van der Waals surface area (Å²) >= 11 is 1.39. The molecule has 1 atom stereocenters. The van der Waals surface area contributed by atoms with Crippen molar-refractivity contribution in [3.05, 3.63) is 70.3 Å². The van der Waals surface area contributed by atoms with Gasteiger partial charge in [0.1, 0.15) is 23.9 Å². The van der Waals surface area contributed by atoms with E-state index < -0.39 is 12.0 Å². The van der Waals surface area contributed by atoms with Crippen molar-refractivity contribution in [2.24, 2.45) is 4.99 Å². The van der Waals surface area contributed by atoms with Gasteiger partial charge in [0.15, 0.2) is 5.17 Å². The van der Waals surface area contributed by atoms with Crippen LogP contribution in [0.2, 0.25) is 0 Å². The molecule has 0 bridgehead atoms. The van der Waals surface area contributed by atoms with E-state index in [0.717, 1.165) is 0 Å². The first-order valence-electron chi connectivity index (χ1n) is 11.6. The second kappa shape index (κ2) is 12.0. The van der Waals surface area contributed by atoms with E-state index in [-0.39, 0.29) is 32.1 Å². The molecule has 0 spiro atoms. The molecule has 1 aromatic heterocycles. The highest BCUT2D eigenvalue weighted by molar-refractivity contribution is 8.16. The average Bonchev–Trinajstić information content (AvgIpc) is 3.56. The van der Waals surface area contributed by atoms with E-state index >= 15 is 0 Å². The Morgan fingerprint density at radius 3 is 2.70 bits per heavy atom. The number of nitrogens with one attached hydrogen (secondary N) is 1. The molecule has 1 N–H and O–H groups in total. The van der Waals surface area contributed by atoms with E-state index in [9.17, 15) is 9.59 Å². The first kappa shape index (κ1) is 26.4. The zero-order valence-electron chi connectivity index (χ0n) is 21.1. The van der Waals surface area contributed by atoms with Crippen molar-refractivity contribution in [3.63, 3.8) is 0 Å². The zero-order chi connectivity index (χ0) is 26.4. The Balaban J connectivity index is 1.68. The Morgan fingerprint density at radius 1 is 1.16 bits per heavy atom. The van der Waals surface area contributed by atoms with Crippen LogP contribution in [0.15, 0.2) is 68.4 Å². The van der Waals surface area contributed by atoms with E-state index in [0.29, 0.717) is 45.0 Å². The van der Waals surface area contributed by atoms with E-state index in [4.69, 9.17) is 23.4 Å². The van der Waals surface area contributed by atoms with Gasteiger partial charge in [-0.2, -0.15) is 0 Å². The summed E-state index contributed by atoms with van der Waals surface area (Å²) in [6, 6.07) is 8.33. The molecule has 3 heterocycles. The number of amides is 1. The van der Waals surface area contributed by atoms with Gasteiger partial charge < -0.3 is 33.6 Å². The molecule has 2 aromatic rings. The number of benzene rings is 1. The van der Waals surface area contributed by atoms with Gasteiger partial charge in [-0.05, 0) is 36.6 Å². The first-order chi connectivity index (χ1) is 18.0. The molecule has 0 unspecified atom stereocenters. The number of furan rings is 1. The molecule has 4 rings (SSSR count). The summed E-state index contributed by atoms with van der Waals surface area (Å²) in [7, 11) is 4.67. The summed E-state index contributed by atoms with van der Waals surface area (Å²) < 4.78 is 26.9. The van der Waals surface area contributed by atoms with E-state index in [1.54, 1.807) is 51.7 Å². The van der Waals surface area contributed by atoms with Crippen molar-refractivity contribution in [1.29, 1.82) is 0 Å². The number of hydrogen-bond acceptors (Lipinski definition) is 10. The lowest BCUT2D eigenvalue weighted by atomic mass is 9.93. The number of methoxy groups -OCH3 is 3. The molecule has 0 fully saturated rings. The smallest absolute Gasteiger partial charge is 0.338 e. The number of amidine groups is 1. The molecule has 0 aliphatic carbocycles. The number of rotatable bonds is 11. The van der Waals surface area contributed by atoms with Crippen LogP contribution in [-0.2, 0) is 25.6 Å². The maximum atomic E-state index is 13.3. The predicted molar refractivity (Wildman–Crippen MR) is 138 cm³/mol. The standard InChI is InChI=1S/C26H29N3O7S/c1-16-23(25(31)36-11-10-32-2)24(20-8-7-18(33-3)13-21(20)34-4)29-17(15-37-26(29)28-16)12-22(30)27-14-19-6-5-9-35-19/h5-9,13,15,24H,10-12,14H2,1-4H3,(H,27,30)/t24-/m1/s1. The molecule has 2 aliphatic rings. The summed E-state index contributed by atoms with van der Waals surface area (Å²) in [6.45, 7) is 2.42. The molecule has 1 aromatic carbocycles. The Kier molecular flexibility index (Phi) is 8.57. The third-order valence-corrected chi connectivity index (χ3v) is 6.75. The van der Waals surface area contributed by atoms with Crippen molar-refractivity contribution in [2.75, 3.05) is 34.5 Å². The highest BCUT2D eigenvalue weighted by Gasteiger charge is 2.42. The fraction of sp³-hybridized carbons (Fsp3) is 0.346. The van der Waals surface area contributed by atoms with Gasteiger partial charge in [-0.3, -0.25) is 4.79 Å². The Morgan fingerprint density at radius 2 is 2.00 bits per heavy atom. The number of hydrogen-bond donors (Lipinski definition) is 1. The summed E-state index contributed by atoms with van der Waals surface area (Å²) in [5.41, 5.74) is 2.28. The van der Waals surface area contributed by atoms with Gasteiger partial charge in [0.2, 0.25) is 5.91 Å². The van der Waals surface area contributed by atoms with Crippen LogP contribution in [0.25, 0.3) is 0 Å². The van der Waals surface area contributed by atoms with Crippen LogP contribution in [0.1, 0.15) is 30.7 Å². The van der Waals surface area contributed by atoms with Gasteiger partial charge in [-0.1, -0.05) is 11.8 Å². The van der Waals surface area contributed by atoms with Crippen LogP contribution in [0.5, 0.6) is 11.5 Å². The number of nitrogens with zero attached hydrogens (tertiary/aromatic N) is 2. The van der Waals surface area contributed by atoms with Crippen LogP contribution in [0.4, 0.5) is 0 Å². The lowest BCUT2D eigenvalue weighted by molar-refractivity contribution is -0.141. The van der Waals surface area contributed by atoms with E-state index in [2.05, 4.69) is 10.3 Å². The number of esters is 1. The highest BCUT2D eigenvalue weighted by Crippen LogP contribution is 2.47. The maximum Gasteiger partial charge on any atom is 0.338 e. The number of fused-ring (bicyclic) bond motifs is 1. The summed E-state index contributed by atoms with van der Waals surface area (Å²) in [5, 5.41) is 5.40. The monoisotopic (exact) mass is 527 g/mol. The fourth-order valence-corrected chi connectivity index (χ4v) is 5.05. The van der Waals surface area contributed by atoms with Crippen molar-refractivity contribution in [1.82, 2.24) is 10.2 Å². The lowest BCUT2D eigenvalue weighted by Crippen LogP contribution is -2.38. The Labute approximate surface area is 219 Å². The summed E-state index contributed by atoms with van der Waals surface area (Å²) in [5.74, 6) is 1.08. The van der Waals surface area contributed by atoms with Crippen molar-refractivity contribution in [3.8, 4) is 11.5 Å². The number of carbonyl (C=O) groups is 2. The van der Waals surface area contributed by atoms with Crippen molar-refractivity contribution in [2.45, 2.75) is 25.9 Å². The number of allylic oxidation sites excluding steroid dienone is 1. The summed E-state index contributed by atoms with van der Waals surface area (Å²) in [4.78, 5) is 32.7. The van der Waals surface area contributed by atoms with Gasteiger partial charge >= 0.3 is 5.97 Å². The molecule has 2 aliphatic heterocycles. The summed E-state index contributed by atoms with van der Waals surface area (Å²) in [6.07, 6.45) is 1.63.